The van der Waals surface area contributed by atoms with E-state index in [4.69, 9.17) is 0 Å². The molecule has 0 fully saturated rings. The predicted molar refractivity (Wildman–Crippen MR) is 86.6 cm³/mol. The van der Waals surface area contributed by atoms with Crippen molar-refractivity contribution >= 4 is 16.6 Å². The van der Waals surface area contributed by atoms with E-state index in [2.05, 4.69) is 11.5 Å². The largest absolute Gasteiger partial charge is 0.347 e. The van der Waals surface area contributed by atoms with E-state index < -0.39 is 0 Å². The van der Waals surface area contributed by atoms with Crippen molar-refractivity contribution in [2.45, 2.75) is 58.4 Å². The first-order chi connectivity index (χ1) is 10.2. The van der Waals surface area contributed by atoms with Crippen molar-refractivity contribution in [1.29, 1.82) is 0 Å². The molecule has 0 amide bonds. The standard InChI is InChI=1S/C17H24N2O2/c1-2-3-4-5-6-7-8-12-18-13-11-15-14-16(19(20)21)9-10-17(15)18/h9-11,13-14H,2-8,12H2,1H3. The second kappa shape index (κ2) is 7.81. The minimum Gasteiger partial charge on any atom is -0.347 e. The summed E-state index contributed by atoms with van der Waals surface area (Å²) in [6.07, 6.45) is 11.1. The fourth-order valence-electron chi connectivity index (χ4n) is 2.74. The first kappa shape index (κ1) is 15.5. The summed E-state index contributed by atoms with van der Waals surface area (Å²) >= 11 is 0. The molecule has 0 saturated carbocycles. The molecule has 0 N–H and O–H groups in total. The molecule has 0 aliphatic rings. The van der Waals surface area contributed by atoms with Crippen LogP contribution < -0.4 is 0 Å². The van der Waals surface area contributed by atoms with Gasteiger partial charge >= 0.3 is 0 Å². The molecule has 1 aromatic heterocycles. The van der Waals surface area contributed by atoms with E-state index in [-0.39, 0.29) is 10.6 Å². The third kappa shape index (κ3) is 4.31. The molecule has 4 nitrogen and oxygen atoms in total. The molecule has 114 valence electrons. The van der Waals surface area contributed by atoms with Gasteiger partial charge in [-0.25, -0.2) is 0 Å². The zero-order valence-corrected chi connectivity index (χ0v) is 12.8. The molecule has 0 aliphatic carbocycles. The summed E-state index contributed by atoms with van der Waals surface area (Å²) in [5.74, 6) is 0. The topological polar surface area (TPSA) is 48.1 Å². The maximum absolute atomic E-state index is 10.8. The molecule has 0 unspecified atom stereocenters. The van der Waals surface area contributed by atoms with Crippen LogP contribution >= 0.6 is 0 Å². The van der Waals surface area contributed by atoms with Crippen molar-refractivity contribution in [3.05, 3.63) is 40.6 Å². The highest BCUT2D eigenvalue weighted by Crippen LogP contribution is 2.22. The fourth-order valence-corrected chi connectivity index (χ4v) is 2.74. The summed E-state index contributed by atoms with van der Waals surface area (Å²) in [6, 6.07) is 7.05. The van der Waals surface area contributed by atoms with E-state index in [1.54, 1.807) is 12.1 Å². The predicted octanol–water partition coefficient (Wildman–Crippen LogP) is 5.30. The van der Waals surface area contributed by atoms with Crippen molar-refractivity contribution in [1.82, 2.24) is 4.57 Å². The number of fused-ring (bicyclic) bond motifs is 1. The van der Waals surface area contributed by atoms with Gasteiger partial charge in [0.2, 0.25) is 0 Å². The smallest absolute Gasteiger partial charge is 0.270 e. The van der Waals surface area contributed by atoms with Crippen LogP contribution in [0.15, 0.2) is 30.5 Å². The molecular weight excluding hydrogens is 264 g/mol. The van der Waals surface area contributed by atoms with Gasteiger partial charge in [-0.3, -0.25) is 10.1 Å². The number of aromatic nitrogens is 1. The van der Waals surface area contributed by atoms with Crippen LogP contribution in [0.1, 0.15) is 51.9 Å². The number of rotatable bonds is 9. The van der Waals surface area contributed by atoms with Crippen LogP contribution in [0.25, 0.3) is 10.9 Å². The average Bonchev–Trinajstić information content (AvgIpc) is 2.88. The lowest BCUT2D eigenvalue weighted by atomic mass is 10.1. The molecule has 0 atom stereocenters. The van der Waals surface area contributed by atoms with Gasteiger partial charge in [-0.2, -0.15) is 0 Å². The number of nitro benzene ring substituents is 1. The minimum absolute atomic E-state index is 0.163. The Morgan fingerprint density at radius 3 is 2.48 bits per heavy atom. The Labute approximate surface area is 125 Å². The van der Waals surface area contributed by atoms with E-state index in [0.717, 1.165) is 17.4 Å². The summed E-state index contributed by atoms with van der Waals surface area (Å²) < 4.78 is 2.20. The lowest BCUT2D eigenvalue weighted by molar-refractivity contribution is -0.384. The summed E-state index contributed by atoms with van der Waals surface area (Å²) in [5.41, 5.74) is 1.25. The van der Waals surface area contributed by atoms with Gasteiger partial charge < -0.3 is 4.57 Å². The van der Waals surface area contributed by atoms with Gasteiger partial charge in [-0.05, 0) is 18.6 Å². The van der Waals surface area contributed by atoms with E-state index >= 15 is 0 Å². The summed E-state index contributed by atoms with van der Waals surface area (Å²) in [7, 11) is 0. The van der Waals surface area contributed by atoms with E-state index in [0.29, 0.717) is 0 Å². The zero-order chi connectivity index (χ0) is 15.1. The fraction of sp³-hybridized carbons (Fsp3) is 0.529. The van der Waals surface area contributed by atoms with Gasteiger partial charge in [0.1, 0.15) is 0 Å². The van der Waals surface area contributed by atoms with Crippen molar-refractivity contribution in [3.63, 3.8) is 0 Å². The van der Waals surface area contributed by atoms with Gasteiger partial charge in [-0.1, -0.05) is 45.4 Å². The second-order valence-corrected chi connectivity index (χ2v) is 5.63. The number of benzene rings is 1. The molecule has 21 heavy (non-hydrogen) atoms. The van der Waals surface area contributed by atoms with Crippen LogP contribution in [-0.4, -0.2) is 9.49 Å². The van der Waals surface area contributed by atoms with E-state index in [1.165, 1.54) is 44.9 Å². The molecule has 2 rings (SSSR count). The number of hydrogen-bond donors (Lipinski definition) is 0. The maximum Gasteiger partial charge on any atom is 0.270 e. The van der Waals surface area contributed by atoms with Gasteiger partial charge in [0.15, 0.2) is 0 Å². The lowest BCUT2D eigenvalue weighted by Gasteiger charge is -2.05. The van der Waals surface area contributed by atoms with E-state index in [9.17, 15) is 10.1 Å². The Hall–Kier alpha value is -1.84. The number of unbranched alkanes of at least 4 members (excludes halogenated alkanes) is 6. The van der Waals surface area contributed by atoms with Crippen molar-refractivity contribution in [2.24, 2.45) is 0 Å². The van der Waals surface area contributed by atoms with Crippen LogP contribution in [-0.2, 0) is 6.54 Å². The van der Waals surface area contributed by atoms with Crippen molar-refractivity contribution < 1.29 is 4.92 Å². The molecule has 0 spiro atoms. The normalized spacial score (nSPS) is 11.1. The molecule has 0 bridgehead atoms. The van der Waals surface area contributed by atoms with Crippen LogP contribution in [0.4, 0.5) is 5.69 Å². The molecule has 1 heterocycles. The molecule has 4 heteroatoms. The average molecular weight is 288 g/mol. The highest BCUT2D eigenvalue weighted by molar-refractivity contribution is 5.82. The zero-order valence-electron chi connectivity index (χ0n) is 12.8. The highest BCUT2D eigenvalue weighted by atomic mass is 16.6. The Morgan fingerprint density at radius 2 is 1.76 bits per heavy atom. The minimum atomic E-state index is -0.340. The number of hydrogen-bond acceptors (Lipinski definition) is 2. The third-order valence-electron chi connectivity index (χ3n) is 3.97. The van der Waals surface area contributed by atoms with Gasteiger partial charge in [0.05, 0.1) is 4.92 Å². The maximum atomic E-state index is 10.8. The summed E-state index contributed by atoms with van der Waals surface area (Å²) in [5, 5.41) is 11.7. The number of nitro groups is 1. The Kier molecular flexibility index (Phi) is 5.78. The van der Waals surface area contributed by atoms with Gasteiger partial charge in [0.25, 0.3) is 5.69 Å². The Morgan fingerprint density at radius 1 is 1.05 bits per heavy atom. The molecule has 2 aromatic rings. The van der Waals surface area contributed by atoms with Crippen molar-refractivity contribution in [2.75, 3.05) is 0 Å². The van der Waals surface area contributed by atoms with Crippen LogP contribution in [0.3, 0.4) is 0 Å². The Balaban J connectivity index is 1.84. The first-order valence-electron chi connectivity index (χ1n) is 7.95. The van der Waals surface area contributed by atoms with Crippen LogP contribution in [0, 0.1) is 10.1 Å². The molecule has 0 aliphatic heterocycles. The molecule has 1 aromatic carbocycles. The number of non-ortho nitro benzene ring substituents is 1. The number of nitrogens with zero attached hydrogens (tertiary/aromatic N) is 2. The third-order valence-corrected chi connectivity index (χ3v) is 3.97. The first-order valence-corrected chi connectivity index (χ1v) is 7.95. The van der Waals surface area contributed by atoms with E-state index in [1.807, 2.05) is 18.3 Å². The molecular formula is C17H24N2O2. The SMILES string of the molecule is CCCCCCCCCn1ccc2cc([N+](=O)[O-])ccc21. The van der Waals surface area contributed by atoms with Gasteiger partial charge in [-0.15, -0.1) is 0 Å². The lowest BCUT2D eigenvalue weighted by Crippen LogP contribution is -1.96. The molecule has 0 radical (unpaired) electrons. The van der Waals surface area contributed by atoms with Crippen LogP contribution in [0.2, 0.25) is 0 Å². The van der Waals surface area contributed by atoms with Gasteiger partial charge in [0, 0.05) is 35.8 Å². The number of aryl methyl sites for hydroxylation is 1. The second-order valence-electron chi connectivity index (χ2n) is 5.63. The summed E-state index contributed by atoms with van der Waals surface area (Å²) in [6.45, 7) is 3.23. The van der Waals surface area contributed by atoms with Crippen molar-refractivity contribution in [3.8, 4) is 0 Å². The highest BCUT2D eigenvalue weighted by Gasteiger charge is 2.08. The monoisotopic (exact) mass is 288 g/mol. The summed E-state index contributed by atoms with van der Waals surface area (Å²) in [4.78, 5) is 10.4. The van der Waals surface area contributed by atoms with Crippen LogP contribution in [0.5, 0.6) is 0 Å². The Bertz CT molecular complexity index is 589. The quantitative estimate of drug-likeness (QED) is 0.357. The molecule has 0 saturated heterocycles.